The zero-order chi connectivity index (χ0) is 30.1. The van der Waals surface area contributed by atoms with Crippen molar-refractivity contribution in [3.63, 3.8) is 0 Å². The van der Waals surface area contributed by atoms with E-state index in [0.717, 1.165) is 35.4 Å². The summed E-state index contributed by atoms with van der Waals surface area (Å²) in [6, 6.07) is 12.9. The lowest BCUT2D eigenvalue weighted by Crippen LogP contribution is -2.41. The number of aromatic hydroxyl groups is 1. The van der Waals surface area contributed by atoms with Crippen molar-refractivity contribution >= 4 is 22.9 Å². The Kier molecular flexibility index (Phi) is 8.89. The van der Waals surface area contributed by atoms with E-state index < -0.39 is 0 Å². The Bertz CT molecular complexity index is 1370. The summed E-state index contributed by atoms with van der Waals surface area (Å²) in [6.45, 7) is 16.2. The summed E-state index contributed by atoms with van der Waals surface area (Å²) in [5.41, 5.74) is 5.13. The van der Waals surface area contributed by atoms with Crippen molar-refractivity contribution in [1.29, 1.82) is 0 Å². The van der Waals surface area contributed by atoms with E-state index in [9.17, 15) is 9.90 Å². The average Bonchev–Trinajstić information content (AvgIpc) is 3.37. The number of H-pyrrole nitrogens is 1. The number of hydrogen-bond donors (Lipinski definition) is 3. The van der Waals surface area contributed by atoms with Crippen LogP contribution in [0.5, 0.6) is 5.75 Å². The molecule has 0 atom stereocenters. The van der Waals surface area contributed by atoms with Crippen molar-refractivity contribution in [1.82, 2.24) is 15.2 Å². The van der Waals surface area contributed by atoms with Crippen LogP contribution in [-0.2, 0) is 15.6 Å². The number of para-hydroxylation sites is 1. The molecular formula is C37H51N3O2. The molecule has 42 heavy (non-hydrogen) atoms. The van der Waals surface area contributed by atoms with Crippen LogP contribution < -0.4 is 5.32 Å². The van der Waals surface area contributed by atoms with Gasteiger partial charge in [0.1, 0.15) is 5.75 Å². The van der Waals surface area contributed by atoms with E-state index in [1.807, 2.05) is 18.2 Å². The largest absolute Gasteiger partial charge is 0.507 e. The molecule has 0 spiro atoms. The van der Waals surface area contributed by atoms with Crippen molar-refractivity contribution in [2.24, 2.45) is 5.92 Å². The minimum atomic E-state index is -0.192. The lowest BCUT2D eigenvalue weighted by atomic mass is 9.78. The SMILES string of the molecule is CC(C)(C)c1cc(/C=C/C(=O)NC2CCC(CN3CCC(c4c[nH]c5ccccc45)CC3)CC2)cc(C(C)(C)C)c1O. The van der Waals surface area contributed by atoms with Gasteiger partial charge in [0, 0.05) is 46.9 Å². The van der Waals surface area contributed by atoms with Crippen molar-refractivity contribution in [3.8, 4) is 5.75 Å². The van der Waals surface area contributed by atoms with Gasteiger partial charge in [-0.15, -0.1) is 0 Å². The summed E-state index contributed by atoms with van der Waals surface area (Å²) >= 11 is 0. The molecule has 2 aromatic carbocycles. The first-order valence-corrected chi connectivity index (χ1v) is 16.0. The Labute approximate surface area is 252 Å². The zero-order valence-corrected chi connectivity index (χ0v) is 26.6. The van der Waals surface area contributed by atoms with Gasteiger partial charge >= 0.3 is 0 Å². The van der Waals surface area contributed by atoms with E-state index in [0.29, 0.717) is 11.7 Å². The van der Waals surface area contributed by atoms with Gasteiger partial charge in [-0.1, -0.05) is 59.7 Å². The van der Waals surface area contributed by atoms with Crippen LogP contribution in [0.1, 0.15) is 108 Å². The number of aromatic amines is 1. The van der Waals surface area contributed by atoms with Crippen LogP contribution in [0.25, 0.3) is 17.0 Å². The number of carbonyl (C=O) groups excluding carboxylic acids is 1. The quantitative estimate of drug-likeness (QED) is 0.263. The number of aromatic nitrogens is 1. The number of nitrogens with zero attached hydrogens (tertiary/aromatic N) is 1. The van der Waals surface area contributed by atoms with E-state index in [1.54, 1.807) is 6.08 Å². The number of piperidine rings is 1. The van der Waals surface area contributed by atoms with Crippen LogP contribution in [0.3, 0.4) is 0 Å². The molecule has 5 heteroatoms. The molecule has 1 aliphatic carbocycles. The van der Waals surface area contributed by atoms with Gasteiger partial charge in [0.2, 0.25) is 5.91 Å². The molecule has 1 saturated heterocycles. The van der Waals surface area contributed by atoms with Gasteiger partial charge in [-0.05, 0) is 110 Å². The molecule has 1 aliphatic heterocycles. The standard InChI is InChI=1S/C37H51N3O2/c1-36(2,3)31-21-26(22-32(35(31)42)37(4,5)6)13-16-34(41)39-28-14-11-25(12-15-28)24-40-19-17-27(18-20-40)30-23-38-33-10-8-7-9-29(30)33/h7-10,13,16,21-23,25,27-28,38,42H,11-12,14-15,17-20,24H2,1-6H3,(H,39,41)/b16-13+. The van der Waals surface area contributed by atoms with Crippen LogP contribution in [0, 0.1) is 5.92 Å². The second-order valence-corrected chi connectivity index (χ2v) is 14.9. The molecule has 5 nitrogen and oxygen atoms in total. The molecule has 2 fully saturated rings. The molecule has 3 N–H and O–H groups in total. The molecule has 5 rings (SSSR count). The van der Waals surface area contributed by atoms with Crippen LogP contribution in [0.2, 0.25) is 0 Å². The first kappa shape index (κ1) is 30.4. The van der Waals surface area contributed by atoms with E-state index in [1.165, 1.54) is 61.8 Å². The Morgan fingerprint density at radius 1 is 0.952 bits per heavy atom. The van der Waals surface area contributed by atoms with Gasteiger partial charge in [0.05, 0.1) is 0 Å². The van der Waals surface area contributed by atoms with Gasteiger partial charge in [0.25, 0.3) is 0 Å². The number of phenols is 1. The summed E-state index contributed by atoms with van der Waals surface area (Å²) in [5, 5.41) is 15.6. The normalized spacial score (nSPS) is 21.3. The fourth-order valence-corrected chi connectivity index (χ4v) is 7.03. The minimum absolute atomic E-state index is 0.0273. The van der Waals surface area contributed by atoms with E-state index in [4.69, 9.17) is 0 Å². The average molecular weight is 570 g/mol. The molecule has 2 heterocycles. The van der Waals surface area contributed by atoms with Gasteiger partial charge in [-0.3, -0.25) is 4.79 Å². The van der Waals surface area contributed by atoms with Crippen molar-refractivity contribution in [2.75, 3.05) is 19.6 Å². The van der Waals surface area contributed by atoms with Crippen molar-refractivity contribution < 1.29 is 9.90 Å². The molecule has 1 saturated carbocycles. The second kappa shape index (κ2) is 12.3. The monoisotopic (exact) mass is 569 g/mol. The first-order valence-electron chi connectivity index (χ1n) is 16.0. The zero-order valence-electron chi connectivity index (χ0n) is 26.6. The molecule has 2 aliphatic rings. The van der Waals surface area contributed by atoms with E-state index in [-0.39, 0.29) is 22.8 Å². The van der Waals surface area contributed by atoms with Gasteiger partial charge in [0.15, 0.2) is 0 Å². The third-order valence-electron chi connectivity index (χ3n) is 9.53. The smallest absolute Gasteiger partial charge is 0.244 e. The molecule has 3 aromatic rings. The van der Waals surface area contributed by atoms with Crippen LogP contribution in [0.4, 0.5) is 0 Å². The van der Waals surface area contributed by atoms with E-state index in [2.05, 4.69) is 87.2 Å². The molecular weight excluding hydrogens is 518 g/mol. The number of fused-ring (bicyclic) bond motifs is 1. The van der Waals surface area contributed by atoms with Gasteiger partial charge in [-0.25, -0.2) is 0 Å². The molecule has 226 valence electrons. The number of likely N-dealkylation sites (tertiary alicyclic amines) is 1. The topological polar surface area (TPSA) is 68.4 Å². The van der Waals surface area contributed by atoms with Crippen LogP contribution >= 0.6 is 0 Å². The number of carbonyl (C=O) groups is 1. The van der Waals surface area contributed by atoms with Crippen molar-refractivity contribution in [2.45, 2.75) is 103 Å². The molecule has 0 radical (unpaired) electrons. The molecule has 1 aromatic heterocycles. The lowest BCUT2D eigenvalue weighted by Gasteiger charge is -2.36. The number of benzene rings is 2. The van der Waals surface area contributed by atoms with Crippen LogP contribution in [0.15, 0.2) is 48.7 Å². The fraction of sp³-hybridized carbons (Fsp3) is 0.541. The predicted octanol–water partition coefficient (Wildman–Crippen LogP) is 8.04. The Morgan fingerprint density at radius 2 is 1.57 bits per heavy atom. The number of nitrogens with one attached hydrogen (secondary N) is 2. The maximum absolute atomic E-state index is 12.9. The molecule has 0 unspecified atom stereocenters. The van der Waals surface area contributed by atoms with E-state index >= 15 is 0 Å². The highest BCUT2D eigenvalue weighted by molar-refractivity contribution is 5.92. The third-order valence-corrected chi connectivity index (χ3v) is 9.53. The highest BCUT2D eigenvalue weighted by Gasteiger charge is 2.28. The minimum Gasteiger partial charge on any atom is -0.507 e. The Hall–Kier alpha value is -3.05. The Morgan fingerprint density at radius 3 is 2.19 bits per heavy atom. The number of rotatable bonds is 6. The van der Waals surface area contributed by atoms with Crippen molar-refractivity contribution in [3.05, 3.63) is 70.9 Å². The van der Waals surface area contributed by atoms with Gasteiger partial charge in [-0.2, -0.15) is 0 Å². The number of amides is 1. The summed E-state index contributed by atoms with van der Waals surface area (Å²) in [4.78, 5) is 19.0. The second-order valence-electron chi connectivity index (χ2n) is 14.9. The Balaban J connectivity index is 1.09. The third kappa shape index (κ3) is 7.11. The maximum atomic E-state index is 12.9. The maximum Gasteiger partial charge on any atom is 0.244 e. The summed E-state index contributed by atoms with van der Waals surface area (Å²) in [7, 11) is 0. The first-order chi connectivity index (χ1) is 19.9. The molecule has 0 bridgehead atoms. The highest BCUT2D eigenvalue weighted by atomic mass is 16.3. The summed E-state index contributed by atoms with van der Waals surface area (Å²) in [6.07, 6.45) is 12.7. The summed E-state index contributed by atoms with van der Waals surface area (Å²) in [5.74, 6) is 1.72. The lowest BCUT2D eigenvalue weighted by molar-refractivity contribution is -0.117. The molecule has 1 amide bonds. The highest BCUT2D eigenvalue weighted by Crippen LogP contribution is 2.40. The van der Waals surface area contributed by atoms with Crippen LogP contribution in [-0.4, -0.2) is 46.6 Å². The number of hydrogen-bond acceptors (Lipinski definition) is 3. The summed E-state index contributed by atoms with van der Waals surface area (Å²) < 4.78 is 0. The number of phenolic OH excluding ortho intramolecular Hbond substituents is 1. The predicted molar refractivity (Wildman–Crippen MR) is 175 cm³/mol. The van der Waals surface area contributed by atoms with Gasteiger partial charge < -0.3 is 20.3 Å². The fourth-order valence-electron chi connectivity index (χ4n) is 7.03.